The minimum Gasteiger partial charge on any atom is -0.494 e. The number of hydrogen-bond acceptors (Lipinski definition) is 4. The Bertz CT molecular complexity index is 748. The van der Waals surface area contributed by atoms with Crippen molar-refractivity contribution in [2.45, 2.75) is 50.3 Å². The van der Waals surface area contributed by atoms with E-state index < -0.39 is 0 Å². The van der Waals surface area contributed by atoms with Gasteiger partial charge in [-0.2, -0.15) is 5.10 Å². The molecule has 2 aromatic carbocycles. The summed E-state index contributed by atoms with van der Waals surface area (Å²) in [5.41, 5.74) is 3.45. The number of ether oxygens (including phenoxy) is 1. The number of nitrogens with zero attached hydrogens (tertiary/aromatic N) is 1. The van der Waals surface area contributed by atoms with Crippen molar-refractivity contribution < 1.29 is 9.53 Å². The number of hydrogen-bond donors (Lipinski definition) is 1. The minimum atomic E-state index is -0.153. The van der Waals surface area contributed by atoms with Crippen LogP contribution in [0, 0.1) is 0 Å². The highest BCUT2D eigenvalue weighted by molar-refractivity contribution is 8.00. The predicted molar refractivity (Wildman–Crippen MR) is 123 cm³/mol. The molecule has 0 saturated carbocycles. The predicted octanol–water partition coefficient (Wildman–Crippen LogP) is 6.32. The summed E-state index contributed by atoms with van der Waals surface area (Å²) in [6, 6.07) is 15.1. The zero-order valence-corrected chi connectivity index (χ0v) is 18.5. The molecule has 0 unspecified atom stereocenters. The van der Waals surface area contributed by atoms with Crippen LogP contribution in [-0.4, -0.2) is 24.5 Å². The van der Waals surface area contributed by atoms with Crippen LogP contribution in [0.15, 0.2) is 58.5 Å². The van der Waals surface area contributed by atoms with Crippen LogP contribution in [0.5, 0.6) is 5.75 Å². The van der Waals surface area contributed by atoms with Crippen molar-refractivity contribution in [2.24, 2.45) is 5.10 Å². The Morgan fingerprint density at radius 2 is 1.72 bits per heavy atom. The summed E-state index contributed by atoms with van der Waals surface area (Å²) < 4.78 is 5.77. The topological polar surface area (TPSA) is 50.7 Å². The molecule has 1 N–H and O–H groups in total. The van der Waals surface area contributed by atoms with Gasteiger partial charge in [0.1, 0.15) is 5.75 Å². The van der Waals surface area contributed by atoms with Gasteiger partial charge in [0.2, 0.25) is 5.91 Å². The second kappa shape index (κ2) is 14.1. The highest BCUT2D eigenvalue weighted by atomic mass is 35.5. The number of amides is 1. The maximum atomic E-state index is 11.9. The van der Waals surface area contributed by atoms with E-state index in [1.54, 1.807) is 18.3 Å². The van der Waals surface area contributed by atoms with Gasteiger partial charge in [-0.3, -0.25) is 4.79 Å². The molecule has 6 heteroatoms. The summed E-state index contributed by atoms with van der Waals surface area (Å²) in [4.78, 5) is 12.9. The third-order valence-corrected chi connectivity index (χ3v) is 5.50. The zero-order valence-electron chi connectivity index (χ0n) is 16.9. The van der Waals surface area contributed by atoms with Gasteiger partial charge in [-0.25, -0.2) is 5.43 Å². The molecule has 1 amide bonds. The minimum absolute atomic E-state index is 0.153. The number of nitrogens with one attached hydrogen (secondary N) is 1. The lowest BCUT2D eigenvalue weighted by Gasteiger charge is -2.06. The van der Waals surface area contributed by atoms with Crippen molar-refractivity contribution >= 4 is 35.5 Å². The van der Waals surface area contributed by atoms with Crippen LogP contribution in [0.4, 0.5) is 0 Å². The van der Waals surface area contributed by atoms with Gasteiger partial charge in [0.15, 0.2) is 0 Å². The van der Waals surface area contributed by atoms with E-state index in [0.29, 0.717) is 10.8 Å². The summed E-state index contributed by atoms with van der Waals surface area (Å²) in [6.45, 7) is 2.98. The number of unbranched alkanes of at least 4 members (excludes halogenated alkanes) is 5. The second-order valence-electron chi connectivity index (χ2n) is 6.72. The third-order valence-electron chi connectivity index (χ3n) is 4.23. The van der Waals surface area contributed by atoms with Crippen LogP contribution in [0.2, 0.25) is 5.02 Å². The molecule has 156 valence electrons. The Balaban J connectivity index is 1.62. The van der Waals surface area contributed by atoms with Crippen LogP contribution < -0.4 is 10.2 Å². The molecule has 0 aliphatic carbocycles. The number of thioether (sulfide) groups is 1. The maximum absolute atomic E-state index is 11.9. The zero-order chi connectivity index (χ0) is 20.7. The lowest BCUT2D eigenvalue weighted by atomic mass is 10.1. The molecule has 0 aliphatic rings. The van der Waals surface area contributed by atoms with Gasteiger partial charge >= 0.3 is 0 Å². The molecule has 0 fully saturated rings. The molecule has 0 atom stereocenters. The monoisotopic (exact) mass is 432 g/mol. The summed E-state index contributed by atoms with van der Waals surface area (Å²) in [5.74, 6) is 1.00. The van der Waals surface area contributed by atoms with E-state index in [4.69, 9.17) is 16.3 Å². The van der Waals surface area contributed by atoms with Gasteiger partial charge < -0.3 is 4.74 Å². The van der Waals surface area contributed by atoms with Crippen LogP contribution >= 0.6 is 23.4 Å². The van der Waals surface area contributed by atoms with E-state index in [9.17, 15) is 4.79 Å². The van der Waals surface area contributed by atoms with Crippen LogP contribution in [0.3, 0.4) is 0 Å². The quantitative estimate of drug-likeness (QED) is 0.174. The largest absolute Gasteiger partial charge is 0.494 e. The first kappa shape index (κ1) is 23.3. The van der Waals surface area contributed by atoms with E-state index in [0.717, 1.165) is 29.2 Å². The molecule has 0 saturated heterocycles. The number of hydrazone groups is 1. The van der Waals surface area contributed by atoms with Gasteiger partial charge in [0.05, 0.1) is 18.6 Å². The number of benzene rings is 2. The average molecular weight is 433 g/mol. The maximum Gasteiger partial charge on any atom is 0.250 e. The molecule has 0 radical (unpaired) electrons. The molecule has 29 heavy (non-hydrogen) atoms. The normalized spacial score (nSPS) is 11.0. The fourth-order valence-electron chi connectivity index (χ4n) is 2.61. The highest BCUT2D eigenvalue weighted by Gasteiger charge is 2.01. The van der Waals surface area contributed by atoms with Gasteiger partial charge in [-0.05, 0) is 60.5 Å². The fourth-order valence-corrected chi connectivity index (χ4v) is 3.43. The van der Waals surface area contributed by atoms with E-state index in [1.807, 2.05) is 36.4 Å². The Morgan fingerprint density at radius 3 is 2.45 bits per heavy atom. The van der Waals surface area contributed by atoms with Gasteiger partial charge in [0.25, 0.3) is 0 Å². The molecule has 0 bridgehead atoms. The van der Waals surface area contributed by atoms with Crippen molar-refractivity contribution in [3.8, 4) is 5.75 Å². The lowest BCUT2D eigenvalue weighted by molar-refractivity contribution is -0.118. The third kappa shape index (κ3) is 10.4. The summed E-state index contributed by atoms with van der Waals surface area (Å²) in [7, 11) is 0. The number of rotatable bonds is 13. The van der Waals surface area contributed by atoms with E-state index in [2.05, 4.69) is 17.5 Å². The molecule has 0 aromatic heterocycles. The van der Waals surface area contributed by atoms with Crippen molar-refractivity contribution in [1.82, 2.24) is 5.43 Å². The Morgan fingerprint density at radius 1 is 1.03 bits per heavy atom. The van der Waals surface area contributed by atoms with Gasteiger partial charge in [-0.1, -0.05) is 50.6 Å². The Hall–Kier alpha value is -1.98. The van der Waals surface area contributed by atoms with E-state index in [-0.39, 0.29) is 5.91 Å². The second-order valence-corrected chi connectivity index (χ2v) is 8.21. The van der Waals surface area contributed by atoms with Crippen LogP contribution in [0.1, 0.15) is 51.0 Å². The SMILES string of the molecule is CCCCCCCCOc1ccc(/C=N\NC(=O)CSc2ccc(Cl)cc2)cc1. The van der Waals surface area contributed by atoms with Gasteiger partial charge in [0, 0.05) is 9.92 Å². The average Bonchev–Trinajstić information content (AvgIpc) is 2.74. The lowest BCUT2D eigenvalue weighted by Crippen LogP contribution is -2.19. The standard InChI is InChI=1S/C23H29ClN2O2S/c1-2-3-4-5-6-7-16-28-21-12-8-19(9-13-21)17-25-26-23(27)18-29-22-14-10-20(24)11-15-22/h8-15,17H,2-7,16,18H2,1H3,(H,26,27)/b25-17-. The van der Waals surface area contributed by atoms with Crippen LogP contribution in [0.25, 0.3) is 0 Å². The number of carbonyl (C=O) groups excluding carboxylic acids is 1. The first-order valence-electron chi connectivity index (χ1n) is 10.1. The van der Waals surface area contributed by atoms with Gasteiger partial charge in [-0.15, -0.1) is 11.8 Å². The first-order chi connectivity index (χ1) is 14.2. The summed E-state index contributed by atoms with van der Waals surface area (Å²) in [6.07, 6.45) is 9.15. The molecule has 4 nitrogen and oxygen atoms in total. The summed E-state index contributed by atoms with van der Waals surface area (Å²) >= 11 is 7.29. The van der Waals surface area contributed by atoms with E-state index >= 15 is 0 Å². The van der Waals surface area contributed by atoms with Crippen LogP contribution in [-0.2, 0) is 4.79 Å². The Labute approximate surface area is 183 Å². The molecule has 2 rings (SSSR count). The number of carbonyl (C=O) groups is 1. The molecule has 0 spiro atoms. The van der Waals surface area contributed by atoms with E-state index in [1.165, 1.54) is 43.9 Å². The van der Waals surface area contributed by atoms with Crippen molar-refractivity contribution in [3.63, 3.8) is 0 Å². The smallest absolute Gasteiger partial charge is 0.250 e. The molecular formula is C23H29ClN2O2S. The summed E-state index contributed by atoms with van der Waals surface area (Å²) in [5, 5.41) is 4.69. The van der Waals surface area contributed by atoms with Crippen molar-refractivity contribution in [2.75, 3.05) is 12.4 Å². The van der Waals surface area contributed by atoms with Crippen molar-refractivity contribution in [3.05, 3.63) is 59.1 Å². The molecule has 0 heterocycles. The Kier molecular flexibility index (Phi) is 11.3. The molecular weight excluding hydrogens is 404 g/mol. The van der Waals surface area contributed by atoms with Crippen molar-refractivity contribution in [1.29, 1.82) is 0 Å². The number of halogens is 1. The molecule has 2 aromatic rings. The fraction of sp³-hybridized carbons (Fsp3) is 0.391. The molecule has 0 aliphatic heterocycles. The highest BCUT2D eigenvalue weighted by Crippen LogP contribution is 2.20. The first-order valence-corrected chi connectivity index (χ1v) is 11.5.